The Morgan fingerprint density at radius 3 is 2.60 bits per heavy atom. The van der Waals surface area contributed by atoms with E-state index in [9.17, 15) is 4.79 Å². The van der Waals surface area contributed by atoms with Crippen molar-refractivity contribution < 1.29 is 9.90 Å². The SMILES string of the molecule is Cn1ncc(C(C)(C)C)c1CCC(=O)O. The molecule has 0 fully saturated rings. The summed E-state index contributed by atoms with van der Waals surface area (Å²) in [4.78, 5) is 10.5. The van der Waals surface area contributed by atoms with Gasteiger partial charge in [0.1, 0.15) is 0 Å². The molecule has 0 radical (unpaired) electrons. The Labute approximate surface area is 89.9 Å². The zero-order valence-electron chi connectivity index (χ0n) is 9.74. The number of aromatic nitrogens is 2. The molecule has 0 unspecified atom stereocenters. The number of rotatable bonds is 3. The summed E-state index contributed by atoms with van der Waals surface area (Å²) in [6, 6.07) is 0. The van der Waals surface area contributed by atoms with Crippen LogP contribution in [0.15, 0.2) is 6.20 Å². The number of nitrogens with zero attached hydrogens (tertiary/aromatic N) is 2. The topological polar surface area (TPSA) is 55.1 Å². The molecule has 1 rings (SSSR count). The molecule has 15 heavy (non-hydrogen) atoms. The number of aryl methyl sites for hydroxylation is 1. The third kappa shape index (κ3) is 2.81. The van der Waals surface area contributed by atoms with Gasteiger partial charge in [-0.15, -0.1) is 0 Å². The van der Waals surface area contributed by atoms with Gasteiger partial charge in [-0.3, -0.25) is 9.48 Å². The van der Waals surface area contributed by atoms with Crippen molar-refractivity contribution in [1.29, 1.82) is 0 Å². The molecule has 0 amide bonds. The van der Waals surface area contributed by atoms with Gasteiger partial charge in [-0.05, 0) is 11.0 Å². The van der Waals surface area contributed by atoms with E-state index in [4.69, 9.17) is 5.11 Å². The number of hydrogen-bond acceptors (Lipinski definition) is 2. The first-order chi connectivity index (χ1) is 6.82. The van der Waals surface area contributed by atoms with E-state index in [1.54, 1.807) is 4.68 Å². The van der Waals surface area contributed by atoms with Gasteiger partial charge in [0.15, 0.2) is 0 Å². The largest absolute Gasteiger partial charge is 0.481 e. The Kier molecular flexibility index (Phi) is 3.17. The van der Waals surface area contributed by atoms with Crippen LogP contribution in [0.1, 0.15) is 38.4 Å². The molecule has 4 heteroatoms. The lowest BCUT2D eigenvalue weighted by molar-refractivity contribution is -0.136. The molecule has 0 saturated heterocycles. The van der Waals surface area contributed by atoms with Crippen molar-refractivity contribution in [3.63, 3.8) is 0 Å². The van der Waals surface area contributed by atoms with Gasteiger partial charge in [0, 0.05) is 19.2 Å². The summed E-state index contributed by atoms with van der Waals surface area (Å²) in [5.41, 5.74) is 2.17. The molecule has 1 N–H and O–H groups in total. The Hall–Kier alpha value is -1.32. The molecule has 0 aromatic carbocycles. The van der Waals surface area contributed by atoms with Gasteiger partial charge in [0.05, 0.1) is 12.6 Å². The van der Waals surface area contributed by atoms with E-state index >= 15 is 0 Å². The lowest BCUT2D eigenvalue weighted by Crippen LogP contribution is -2.15. The van der Waals surface area contributed by atoms with Gasteiger partial charge in [-0.2, -0.15) is 5.10 Å². The van der Waals surface area contributed by atoms with E-state index in [1.807, 2.05) is 13.2 Å². The summed E-state index contributed by atoms with van der Waals surface area (Å²) in [6.45, 7) is 6.32. The van der Waals surface area contributed by atoms with Gasteiger partial charge in [-0.1, -0.05) is 20.8 Å². The highest BCUT2D eigenvalue weighted by atomic mass is 16.4. The number of aliphatic carboxylic acids is 1. The second-order valence-electron chi connectivity index (χ2n) is 4.77. The van der Waals surface area contributed by atoms with Crippen LogP contribution < -0.4 is 0 Å². The fraction of sp³-hybridized carbons (Fsp3) is 0.636. The minimum atomic E-state index is -0.768. The molecule has 1 heterocycles. The molecule has 1 aromatic rings. The first-order valence-corrected chi connectivity index (χ1v) is 5.05. The van der Waals surface area contributed by atoms with Crippen molar-refractivity contribution in [2.45, 2.75) is 39.0 Å². The Morgan fingerprint density at radius 2 is 2.13 bits per heavy atom. The zero-order chi connectivity index (χ0) is 11.6. The number of hydrogen-bond donors (Lipinski definition) is 1. The predicted octanol–water partition coefficient (Wildman–Crippen LogP) is 1.73. The molecular weight excluding hydrogens is 192 g/mol. The summed E-state index contributed by atoms with van der Waals surface area (Å²) in [5, 5.41) is 12.9. The van der Waals surface area contributed by atoms with Crippen molar-refractivity contribution >= 4 is 5.97 Å². The van der Waals surface area contributed by atoms with Crippen molar-refractivity contribution in [2.24, 2.45) is 7.05 Å². The lowest BCUT2D eigenvalue weighted by atomic mass is 9.86. The zero-order valence-corrected chi connectivity index (χ0v) is 9.74. The molecular formula is C11H18N2O2. The third-order valence-electron chi connectivity index (χ3n) is 2.45. The van der Waals surface area contributed by atoms with Crippen LogP contribution >= 0.6 is 0 Å². The normalized spacial score (nSPS) is 11.7. The fourth-order valence-corrected chi connectivity index (χ4v) is 1.61. The summed E-state index contributed by atoms with van der Waals surface area (Å²) in [6.07, 6.45) is 2.53. The van der Waals surface area contributed by atoms with E-state index < -0.39 is 5.97 Å². The fourth-order valence-electron chi connectivity index (χ4n) is 1.61. The third-order valence-corrected chi connectivity index (χ3v) is 2.45. The van der Waals surface area contributed by atoms with Gasteiger partial charge < -0.3 is 5.11 Å². The second kappa shape index (κ2) is 4.04. The highest BCUT2D eigenvalue weighted by molar-refractivity contribution is 5.67. The molecule has 0 saturated carbocycles. The summed E-state index contributed by atoms with van der Waals surface area (Å²) in [7, 11) is 1.85. The van der Waals surface area contributed by atoms with Gasteiger partial charge in [0.25, 0.3) is 0 Å². The maximum absolute atomic E-state index is 10.5. The molecule has 0 atom stereocenters. The van der Waals surface area contributed by atoms with Crippen molar-refractivity contribution in [2.75, 3.05) is 0 Å². The molecule has 1 aromatic heterocycles. The van der Waals surface area contributed by atoms with E-state index in [1.165, 1.54) is 0 Å². The van der Waals surface area contributed by atoms with E-state index in [0.717, 1.165) is 11.3 Å². The molecule has 0 aliphatic rings. The first kappa shape index (κ1) is 11.8. The van der Waals surface area contributed by atoms with Crippen LogP contribution in [0.2, 0.25) is 0 Å². The van der Waals surface area contributed by atoms with Crippen molar-refractivity contribution in [3.05, 3.63) is 17.5 Å². The Morgan fingerprint density at radius 1 is 1.53 bits per heavy atom. The Balaban J connectivity index is 2.95. The van der Waals surface area contributed by atoms with Gasteiger partial charge in [-0.25, -0.2) is 0 Å². The van der Waals surface area contributed by atoms with Crippen molar-refractivity contribution in [1.82, 2.24) is 9.78 Å². The second-order valence-corrected chi connectivity index (χ2v) is 4.77. The van der Waals surface area contributed by atoms with E-state index in [-0.39, 0.29) is 11.8 Å². The van der Waals surface area contributed by atoms with Crippen LogP contribution in [0.4, 0.5) is 0 Å². The number of carboxylic acid groups (broad SMARTS) is 1. The molecule has 84 valence electrons. The van der Waals surface area contributed by atoms with Crippen LogP contribution in [-0.4, -0.2) is 20.9 Å². The van der Waals surface area contributed by atoms with E-state index in [0.29, 0.717) is 6.42 Å². The average molecular weight is 210 g/mol. The Bertz CT molecular complexity index is 361. The predicted molar refractivity (Wildman–Crippen MR) is 57.9 cm³/mol. The van der Waals surface area contributed by atoms with Gasteiger partial charge in [0.2, 0.25) is 0 Å². The molecule has 0 aliphatic carbocycles. The highest BCUT2D eigenvalue weighted by Crippen LogP contribution is 2.25. The summed E-state index contributed by atoms with van der Waals surface area (Å²) >= 11 is 0. The van der Waals surface area contributed by atoms with Crippen LogP contribution in [0, 0.1) is 0 Å². The van der Waals surface area contributed by atoms with Crippen LogP contribution in [0.25, 0.3) is 0 Å². The quantitative estimate of drug-likeness (QED) is 0.826. The summed E-state index contributed by atoms with van der Waals surface area (Å²) in [5.74, 6) is -0.768. The van der Waals surface area contributed by atoms with Crippen LogP contribution in [0.3, 0.4) is 0 Å². The maximum Gasteiger partial charge on any atom is 0.303 e. The highest BCUT2D eigenvalue weighted by Gasteiger charge is 2.21. The van der Waals surface area contributed by atoms with Crippen LogP contribution in [0.5, 0.6) is 0 Å². The van der Waals surface area contributed by atoms with Gasteiger partial charge >= 0.3 is 5.97 Å². The molecule has 4 nitrogen and oxygen atoms in total. The minimum Gasteiger partial charge on any atom is -0.481 e. The number of carboxylic acids is 1. The van der Waals surface area contributed by atoms with Crippen LogP contribution in [-0.2, 0) is 23.7 Å². The molecule has 0 spiro atoms. The average Bonchev–Trinajstić information content (AvgIpc) is 2.42. The molecule has 0 bridgehead atoms. The monoisotopic (exact) mass is 210 g/mol. The smallest absolute Gasteiger partial charge is 0.303 e. The van der Waals surface area contributed by atoms with E-state index in [2.05, 4.69) is 25.9 Å². The first-order valence-electron chi connectivity index (χ1n) is 5.05. The lowest BCUT2D eigenvalue weighted by Gasteiger charge is -2.19. The number of carbonyl (C=O) groups is 1. The minimum absolute atomic E-state index is 0.0160. The maximum atomic E-state index is 10.5. The standard InChI is InChI=1S/C11H18N2O2/c1-11(2,3)8-7-12-13(4)9(8)5-6-10(14)15/h7H,5-6H2,1-4H3,(H,14,15). The summed E-state index contributed by atoms with van der Waals surface area (Å²) < 4.78 is 1.77. The molecule has 0 aliphatic heterocycles. The van der Waals surface area contributed by atoms with Crippen molar-refractivity contribution in [3.8, 4) is 0 Å².